The molecule has 1 aliphatic rings. The van der Waals surface area contributed by atoms with E-state index in [4.69, 9.17) is 0 Å². The molecule has 0 radical (unpaired) electrons. The van der Waals surface area contributed by atoms with Crippen LogP contribution in [-0.2, 0) is 14.6 Å². The Bertz CT molecular complexity index is 1140. The number of hydrazone groups is 1. The van der Waals surface area contributed by atoms with E-state index in [0.717, 1.165) is 11.3 Å². The first-order chi connectivity index (χ1) is 14.0. The smallest absolute Gasteiger partial charge is 0.244 e. The third-order valence-corrected chi connectivity index (χ3v) is 6.47. The second-order valence-electron chi connectivity index (χ2n) is 6.78. The summed E-state index contributed by atoms with van der Waals surface area (Å²) in [4.78, 5) is 16.2. The van der Waals surface area contributed by atoms with Gasteiger partial charge >= 0.3 is 0 Å². The van der Waals surface area contributed by atoms with Crippen LogP contribution in [0, 0.1) is 5.92 Å². The van der Waals surface area contributed by atoms with E-state index in [-0.39, 0.29) is 17.4 Å². The van der Waals surface area contributed by atoms with Gasteiger partial charge in [-0.25, -0.2) is 18.5 Å². The molecular formula is C20H19N5O3S. The summed E-state index contributed by atoms with van der Waals surface area (Å²) >= 11 is 0. The molecule has 1 N–H and O–H groups in total. The van der Waals surface area contributed by atoms with E-state index in [1.165, 1.54) is 6.21 Å². The van der Waals surface area contributed by atoms with Crippen molar-refractivity contribution in [3.05, 3.63) is 66.6 Å². The SMILES string of the molecule is O=C(N/N=C\c1cn(-c2ccccc2)nc1-c1ccncc1)[C@@H]1CCS(=O)(=O)C1. The highest BCUT2D eigenvalue weighted by Gasteiger charge is 2.32. The topological polar surface area (TPSA) is 106 Å². The van der Waals surface area contributed by atoms with E-state index in [1.807, 2.05) is 48.7 Å². The van der Waals surface area contributed by atoms with E-state index in [9.17, 15) is 13.2 Å². The Balaban J connectivity index is 1.58. The van der Waals surface area contributed by atoms with Crippen LogP contribution in [0.15, 0.2) is 66.2 Å². The molecule has 4 rings (SSSR count). The van der Waals surface area contributed by atoms with Crippen molar-refractivity contribution in [2.24, 2.45) is 11.0 Å². The maximum Gasteiger partial charge on any atom is 0.244 e. The monoisotopic (exact) mass is 409 g/mol. The Morgan fingerprint density at radius 2 is 1.93 bits per heavy atom. The number of carbonyl (C=O) groups is 1. The van der Waals surface area contributed by atoms with Gasteiger partial charge in [-0.05, 0) is 30.7 Å². The maximum absolute atomic E-state index is 12.2. The normalized spacial score (nSPS) is 18.1. The molecule has 0 spiro atoms. The van der Waals surface area contributed by atoms with E-state index < -0.39 is 15.8 Å². The number of benzene rings is 1. The van der Waals surface area contributed by atoms with Gasteiger partial charge in [0.05, 0.1) is 29.3 Å². The Labute approximate surface area is 168 Å². The minimum Gasteiger partial charge on any atom is -0.273 e. The summed E-state index contributed by atoms with van der Waals surface area (Å²) in [5.74, 6) is -1.01. The summed E-state index contributed by atoms with van der Waals surface area (Å²) in [6.07, 6.45) is 7.03. The Morgan fingerprint density at radius 1 is 1.17 bits per heavy atom. The lowest BCUT2D eigenvalue weighted by atomic mass is 10.1. The molecule has 1 amide bonds. The van der Waals surface area contributed by atoms with Crippen LogP contribution in [0.5, 0.6) is 0 Å². The third kappa shape index (κ3) is 4.40. The van der Waals surface area contributed by atoms with Gasteiger partial charge in [-0.15, -0.1) is 0 Å². The molecule has 1 atom stereocenters. The number of aromatic nitrogens is 3. The molecule has 9 heteroatoms. The van der Waals surface area contributed by atoms with Gasteiger partial charge in [-0.3, -0.25) is 9.78 Å². The van der Waals surface area contributed by atoms with Gasteiger partial charge in [0.2, 0.25) is 5.91 Å². The zero-order chi connectivity index (χ0) is 20.3. The lowest BCUT2D eigenvalue weighted by Crippen LogP contribution is -2.27. The van der Waals surface area contributed by atoms with Crippen LogP contribution in [0.3, 0.4) is 0 Å². The first-order valence-corrected chi connectivity index (χ1v) is 10.9. The first kappa shape index (κ1) is 19.0. The fourth-order valence-electron chi connectivity index (χ4n) is 3.19. The van der Waals surface area contributed by atoms with Crippen LogP contribution >= 0.6 is 0 Å². The first-order valence-electron chi connectivity index (χ1n) is 9.11. The van der Waals surface area contributed by atoms with Crippen molar-refractivity contribution in [1.82, 2.24) is 20.2 Å². The van der Waals surface area contributed by atoms with Crippen molar-refractivity contribution in [3.63, 3.8) is 0 Å². The van der Waals surface area contributed by atoms with E-state index in [1.54, 1.807) is 17.1 Å². The average Bonchev–Trinajstić information content (AvgIpc) is 3.32. The number of sulfone groups is 1. The summed E-state index contributed by atoms with van der Waals surface area (Å²) in [6.45, 7) is 0. The number of nitrogens with one attached hydrogen (secondary N) is 1. The molecule has 0 saturated carbocycles. The minimum atomic E-state index is -3.12. The predicted molar refractivity (Wildman–Crippen MR) is 109 cm³/mol. The van der Waals surface area contributed by atoms with Gasteiger partial charge in [0, 0.05) is 29.7 Å². The second kappa shape index (κ2) is 7.96. The van der Waals surface area contributed by atoms with E-state index in [2.05, 4.69) is 20.6 Å². The zero-order valence-corrected chi connectivity index (χ0v) is 16.3. The second-order valence-corrected chi connectivity index (χ2v) is 9.01. The summed E-state index contributed by atoms with van der Waals surface area (Å²) in [7, 11) is -3.12. The van der Waals surface area contributed by atoms with Gasteiger partial charge < -0.3 is 0 Å². The summed E-state index contributed by atoms with van der Waals surface area (Å²) in [6, 6.07) is 13.3. The molecule has 1 saturated heterocycles. The van der Waals surface area contributed by atoms with Crippen molar-refractivity contribution in [1.29, 1.82) is 0 Å². The summed E-state index contributed by atoms with van der Waals surface area (Å²) in [5, 5.41) is 8.69. The van der Waals surface area contributed by atoms with Gasteiger partial charge in [0.15, 0.2) is 9.84 Å². The lowest BCUT2D eigenvalue weighted by Gasteiger charge is -2.04. The molecule has 1 aromatic carbocycles. The molecular weight excluding hydrogens is 390 g/mol. The molecule has 1 aliphatic heterocycles. The Kier molecular flexibility index (Phi) is 5.22. The molecule has 3 heterocycles. The van der Waals surface area contributed by atoms with Gasteiger partial charge in [-0.1, -0.05) is 18.2 Å². The number of carbonyl (C=O) groups excluding carboxylic acids is 1. The molecule has 1 fully saturated rings. The largest absolute Gasteiger partial charge is 0.273 e. The van der Waals surface area contributed by atoms with Crippen molar-refractivity contribution < 1.29 is 13.2 Å². The van der Waals surface area contributed by atoms with E-state index in [0.29, 0.717) is 17.7 Å². The molecule has 2 aromatic heterocycles. The van der Waals surface area contributed by atoms with Crippen LogP contribution in [-0.4, -0.2) is 46.8 Å². The van der Waals surface area contributed by atoms with Crippen molar-refractivity contribution >= 4 is 22.0 Å². The number of rotatable bonds is 5. The van der Waals surface area contributed by atoms with Gasteiger partial charge in [0.25, 0.3) is 0 Å². The Hall–Kier alpha value is -3.33. The Morgan fingerprint density at radius 3 is 2.62 bits per heavy atom. The maximum atomic E-state index is 12.2. The highest BCUT2D eigenvalue weighted by Crippen LogP contribution is 2.22. The van der Waals surface area contributed by atoms with Crippen LogP contribution in [0.4, 0.5) is 0 Å². The summed E-state index contributed by atoms with van der Waals surface area (Å²) < 4.78 is 24.8. The lowest BCUT2D eigenvalue weighted by molar-refractivity contribution is -0.124. The number of para-hydroxylation sites is 1. The quantitative estimate of drug-likeness (QED) is 0.511. The molecule has 0 aliphatic carbocycles. The average molecular weight is 409 g/mol. The minimum absolute atomic E-state index is 0.0465. The standard InChI is InChI=1S/C20H19N5O3S/c26-20(16-8-11-29(27,28)14-16)23-22-12-17-13-25(18-4-2-1-3-5-18)24-19(17)15-6-9-21-10-7-15/h1-7,9-10,12-13,16H,8,11,14H2,(H,23,26)/b22-12-/t16-/m1/s1. The fourth-order valence-corrected chi connectivity index (χ4v) is 4.93. The zero-order valence-electron chi connectivity index (χ0n) is 15.5. The molecule has 0 unspecified atom stereocenters. The van der Waals surface area contributed by atoms with Gasteiger partial charge in [0.1, 0.15) is 5.69 Å². The highest BCUT2D eigenvalue weighted by molar-refractivity contribution is 7.91. The number of pyridine rings is 1. The predicted octanol–water partition coefficient (Wildman–Crippen LogP) is 1.82. The van der Waals surface area contributed by atoms with Crippen molar-refractivity contribution in [2.45, 2.75) is 6.42 Å². The van der Waals surface area contributed by atoms with Crippen molar-refractivity contribution in [2.75, 3.05) is 11.5 Å². The molecule has 3 aromatic rings. The number of hydrogen-bond acceptors (Lipinski definition) is 6. The highest BCUT2D eigenvalue weighted by atomic mass is 32.2. The molecule has 8 nitrogen and oxygen atoms in total. The molecule has 29 heavy (non-hydrogen) atoms. The van der Waals surface area contributed by atoms with Gasteiger partial charge in [-0.2, -0.15) is 10.2 Å². The molecule has 0 bridgehead atoms. The van der Waals surface area contributed by atoms with Crippen molar-refractivity contribution in [3.8, 4) is 16.9 Å². The number of hydrogen-bond donors (Lipinski definition) is 1. The van der Waals surface area contributed by atoms with Crippen LogP contribution in [0.25, 0.3) is 16.9 Å². The fraction of sp³-hybridized carbons (Fsp3) is 0.200. The van der Waals surface area contributed by atoms with Crippen LogP contribution < -0.4 is 5.43 Å². The third-order valence-electron chi connectivity index (χ3n) is 4.70. The van der Waals surface area contributed by atoms with Crippen LogP contribution in [0.2, 0.25) is 0 Å². The number of nitrogens with zero attached hydrogens (tertiary/aromatic N) is 4. The summed E-state index contributed by atoms with van der Waals surface area (Å²) in [5.41, 5.74) is 5.61. The molecule has 148 valence electrons. The van der Waals surface area contributed by atoms with E-state index >= 15 is 0 Å². The number of amides is 1. The van der Waals surface area contributed by atoms with Crippen LogP contribution in [0.1, 0.15) is 12.0 Å².